The van der Waals surface area contributed by atoms with Crippen LogP contribution >= 0.6 is 0 Å². The summed E-state index contributed by atoms with van der Waals surface area (Å²) in [6.45, 7) is 1.77. The van der Waals surface area contributed by atoms with Crippen LogP contribution in [0.25, 0.3) is 0 Å². The maximum Gasteiger partial charge on any atom is 0.371 e. The molecule has 0 amide bonds. The third kappa shape index (κ3) is 2.84. The molecule has 5 nitrogen and oxygen atoms in total. The van der Waals surface area contributed by atoms with Gasteiger partial charge in [-0.15, -0.1) is 0 Å². The lowest BCUT2D eigenvalue weighted by Crippen LogP contribution is -2.23. The Kier molecular flexibility index (Phi) is 3.58. The molecule has 0 spiro atoms. The average Bonchev–Trinajstić information content (AvgIpc) is 2.76. The van der Waals surface area contributed by atoms with Gasteiger partial charge in [-0.3, -0.25) is 0 Å². The largest absolute Gasteiger partial charge is 0.475 e. The van der Waals surface area contributed by atoms with E-state index in [1.807, 2.05) is 0 Å². The summed E-state index contributed by atoms with van der Waals surface area (Å²) in [5.74, 6) is -0.563. The molecule has 1 aliphatic heterocycles. The second-order valence-corrected chi connectivity index (χ2v) is 3.69. The number of furan rings is 1. The van der Waals surface area contributed by atoms with Gasteiger partial charge in [0.2, 0.25) is 5.76 Å². The Morgan fingerprint density at radius 2 is 2.19 bits per heavy atom. The molecular weight excluding hydrogens is 212 g/mol. The zero-order chi connectivity index (χ0) is 11.4. The first-order chi connectivity index (χ1) is 7.75. The molecule has 16 heavy (non-hydrogen) atoms. The first-order valence-electron chi connectivity index (χ1n) is 5.27. The number of rotatable bonds is 4. The SMILES string of the molecule is O=C(O)c1ccc(COC2CCOCC2)o1. The van der Waals surface area contributed by atoms with E-state index in [9.17, 15) is 4.79 Å². The highest BCUT2D eigenvalue weighted by Gasteiger charge is 2.15. The number of carbonyl (C=O) groups is 1. The number of aromatic carboxylic acids is 1. The Morgan fingerprint density at radius 1 is 1.44 bits per heavy atom. The van der Waals surface area contributed by atoms with E-state index < -0.39 is 5.97 Å². The van der Waals surface area contributed by atoms with Gasteiger partial charge in [0.05, 0.1) is 6.10 Å². The van der Waals surface area contributed by atoms with Gasteiger partial charge in [0.1, 0.15) is 12.4 Å². The molecule has 0 unspecified atom stereocenters. The minimum Gasteiger partial charge on any atom is -0.475 e. The zero-order valence-electron chi connectivity index (χ0n) is 8.85. The number of carboxylic acid groups (broad SMARTS) is 1. The highest BCUT2D eigenvalue weighted by Crippen LogP contribution is 2.15. The lowest BCUT2D eigenvalue weighted by Gasteiger charge is -2.21. The molecule has 88 valence electrons. The molecule has 0 bridgehead atoms. The van der Waals surface area contributed by atoms with E-state index in [4.69, 9.17) is 19.0 Å². The Morgan fingerprint density at radius 3 is 2.81 bits per heavy atom. The van der Waals surface area contributed by atoms with Crippen molar-refractivity contribution in [1.29, 1.82) is 0 Å². The van der Waals surface area contributed by atoms with E-state index >= 15 is 0 Å². The summed E-state index contributed by atoms with van der Waals surface area (Å²) in [7, 11) is 0. The van der Waals surface area contributed by atoms with Crippen molar-refractivity contribution in [3.63, 3.8) is 0 Å². The fourth-order valence-corrected chi connectivity index (χ4v) is 1.61. The van der Waals surface area contributed by atoms with Gasteiger partial charge in [-0.2, -0.15) is 0 Å². The second kappa shape index (κ2) is 5.14. The van der Waals surface area contributed by atoms with Crippen molar-refractivity contribution in [2.75, 3.05) is 13.2 Å². The summed E-state index contributed by atoms with van der Waals surface area (Å²) in [6.07, 6.45) is 1.95. The van der Waals surface area contributed by atoms with Crippen LogP contribution in [-0.2, 0) is 16.1 Å². The van der Waals surface area contributed by atoms with Gasteiger partial charge in [-0.25, -0.2) is 4.79 Å². The van der Waals surface area contributed by atoms with Crippen LogP contribution in [0.15, 0.2) is 16.5 Å². The topological polar surface area (TPSA) is 68.9 Å². The molecule has 1 aromatic heterocycles. The number of ether oxygens (including phenoxy) is 2. The molecule has 0 aliphatic carbocycles. The third-order valence-electron chi connectivity index (χ3n) is 2.50. The van der Waals surface area contributed by atoms with Gasteiger partial charge in [0.15, 0.2) is 0 Å². The van der Waals surface area contributed by atoms with Gasteiger partial charge < -0.3 is 19.0 Å². The molecule has 5 heteroatoms. The Labute approximate surface area is 93.0 Å². The van der Waals surface area contributed by atoms with Gasteiger partial charge in [0, 0.05) is 13.2 Å². The Bertz CT molecular complexity index is 351. The highest BCUT2D eigenvalue weighted by atomic mass is 16.5. The van der Waals surface area contributed by atoms with Gasteiger partial charge in [-0.1, -0.05) is 0 Å². The van der Waals surface area contributed by atoms with Gasteiger partial charge >= 0.3 is 5.97 Å². The van der Waals surface area contributed by atoms with E-state index in [0.29, 0.717) is 12.4 Å². The molecule has 2 heterocycles. The van der Waals surface area contributed by atoms with Crippen LogP contribution in [0.3, 0.4) is 0 Å². The van der Waals surface area contributed by atoms with Crippen LogP contribution in [0.4, 0.5) is 0 Å². The molecule has 2 rings (SSSR count). The van der Waals surface area contributed by atoms with Crippen LogP contribution in [0.2, 0.25) is 0 Å². The summed E-state index contributed by atoms with van der Waals surface area (Å²) in [5.41, 5.74) is 0. The normalized spacial score (nSPS) is 17.5. The smallest absolute Gasteiger partial charge is 0.371 e. The first kappa shape index (κ1) is 11.2. The standard InChI is InChI=1S/C11H14O5/c12-11(13)10-2-1-9(16-10)7-15-8-3-5-14-6-4-8/h1-2,8H,3-7H2,(H,12,13). The van der Waals surface area contributed by atoms with E-state index in [-0.39, 0.29) is 11.9 Å². The monoisotopic (exact) mass is 226 g/mol. The molecular formula is C11H14O5. The van der Waals surface area contributed by atoms with Crippen LogP contribution in [0.1, 0.15) is 29.2 Å². The predicted molar refractivity (Wildman–Crippen MR) is 54.3 cm³/mol. The molecule has 0 saturated carbocycles. The quantitative estimate of drug-likeness (QED) is 0.845. The first-order valence-corrected chi connectivity index (χ1v) is 5.27. The van der Waals surface area contributed by atoms with Gasteiger partial charge in [0.25, 0.3) is 0 Å². The maximum atomic E-state index is 10.6. The Balaban J connectivity index is 1.81. The maximum absolute atomic E-state index is 10.6. The van der Waals surface area contributed by atoms with Crippen molar-refractivity contribution in [2.45, 2.75) is 25.6 Å². The molecule has 1 aromatic rings. The van der Waals surface area contributed by atoms with E-state index in [1.54, 1.807) is 6.07 Å². The van der Waals surface area contributed by atoms with Crippen molar-refractivity contribution < 1.29 is 23.8 Å². The molecule has 1 N–H and O–H groups in total. The van der Waals surface area contributed by atoms with E-state index in [2.05, 4.69) is 0 Å². The molecule has 0 radical (unpaired) electrons. The van der Waals surface area contributed by atoms with E-state index in [1.165, 1.54) is 6.07 Å². The number of hydrogen-bond acceptors (Lipinski definition) is 4. The molecule has 1 fully saturated rings. The highest BCUT2D eigenvalue weighted by molar-refractivity contribution is 5.84. The minimum atomic E-state index is -1.06. The van der Waals surface area contributed by atoms with Crippen molar-refractivity contribution in [3.8, 4) is 0 Å². The van der Waals surface area contributed by atoms with Crippen molar-refractivity contribution >= 4 is 5.97 Å². The molecule has 0 atom stereocenters. The zero-order valence-corrected chi connectivity index (χ0v) is 8.85. The molecule has 1 saturated heterocycles. The third-order valence-corrected chi connectivity index (χ3v) is 2.50. The fourth-order valence-electron chi connectivity index (χ4n) is 1.61. The van der Waals surface area contributed by atoms with Crippen LogP contribution in [0, 0.1) is 0 Å². The summed E-state index contributed by atoms with van der Waals surface area (Å²) < 4.78 is 15.9. The summed E-state index contributed by atoms with van der Waals surface area (Å²) in [4.78, 5) is 10.6. The predicted octanol–water partition coefficient (Wildman–Crippen LogP) is 1.67. The van der Waals surface area contributed by atoms with Crippen molar-refractivity contribution in [3.05, 3.63) is 23.7 Å². The van der Waals surface area contributed by atoms with Crippen LogP contribution in [-0.4, -0.2) is 30.4 Å². The average molecular weight is 226 g/mol. The van der Waals surface area contributed by atoms with Crippen molar-refractivity contribution in [2.24, 2.45) is 0 Å². The molecule has 1 aliphatic rings. The van der Waals surface area contributed by atoms with E-state index in [0.717, 1.165) is 26.1 Å². The number of hydrogen-bond donors (Lipinski definition) is 1. The number of carboxylic acids is 1. The Hall–Kier alpha value is -1.33. The van der Waals surface area contributed by atoms with Crippen LogP contribution < -0.4 is 0 Å². The summed E-state index contributed by atoms with van der Waals surface area (Å²) in [5, 5.41) is 8.66. The lowest BCUT2D eigenvalue weighted by molar-refractivity contribution is -0.0435. The van der Waals surface area contributed by atoms with Gasteiger partial charge in [-0.05, 0) is 25.0 Å². The fraction of sp³-hybridized carbons (Fsp3) is 0.545. The van der Waals surface area contributed by atoms with Crippen LogP contribution in [0.5, 0.6) is 0 Å². The summed E-state index contributed by atoms with van der Waals surface area (Å²) in [6, 6.07) is 3.06. The second-order valence-electron chi connectivity index (χ2n) is 3.69. The minimum absolute atomic E-state index is 0.0504. The molecule has 0 aromatic carbocycles. The lowest BCUT2D eigenvalue weighted by atomic mass is 10.1. The summed E-state index contributed by atoms with van der Waals surface area (Å²) >= 11 is 0. The van der Waals surface area contributed by atoms with Crippen molar-refractivity contribution in [1.82, 2.24) is 0 Å².